The monoisotopic (exact) mass is 399 g/mol. The van der Waals surface area contributed by atoms with E-state index in [1.807, 2.05) is 37.3 Å². The number of hydrogen-bond acceptors (Lipinski definition) is 5. The van der Waals surface area contributed by atoms with Gasteiger partial charge in [0.25, 0.3) is 5.89 Å². The summed E-state index contributed by atoms with van der Waals surface area (Å²) in [4.78, 5) is 1.58. The second-order valence-electron chi connectivity index (χ2n) is 7.01. The molecule has 3 aromatic rings. The van der Waals surface area contributed by atoms with Crippen LogP contribution in [-0.2, 0) is 16.6 Å². The van der Waals surface area contributed by atoms with Crippen LogP contribution >= 0.6 is 0 Å². The number of nitrogens with one attached hydrogen (secondary N) is 1. The van der Waals surface area contributed by atoms with Gasteiger partial charge in [-0.15, -0.1) is 10.2 Å². The van der Waals surface area contributed by atoms with Crippen LogP contribution in [-0.4, -0.2) is 49.1 Å². The molecule has 0 atom stereocenters. The molecular formula is C20H23N4O3S+. The number of hydrogen-bond donors (Lipinski definition) is 1. The second kappa shape index (κ2) is 7.83. The molecule has 1 fully saturated rings. The van der Waals surface area contributed by atoms with Crippen molar-refractivity contribution in [3.63, 3.8) is 0 Å². The third kappa shape index (κ3) is 3.99. The van der Waals surface area contributed by atoms with Gasteiger partial charge in [-0.25, -0.2) is 8.42 Å². The Bertz CT molecular complexity index is 1040. The topological polar surface area (TPSA) is 80.7 Å². The average molecular weight is 399 g/mol. The summed E-state index contributed by atoms with van der Waals surface area (Å²) < 4.78 is 32.8. The van der Waals surface area contributed by atoms with Crippen molar-refractivity contribution in [1.29, 1.82) is 0 Å². The van der Waals surface area contributed by atoms with Crippen molar-refractivity contribution in [1.82, 2.24) is 14.5 Å². The summed E-state index contributed by atoms with van der Waals surface area (Å²) in [6, 6.07) is 16.5. The largest absolute Gasteiger partial charge is 0.415 e. The Kier molecular flexibility index (Phi) is 5.25. The van der Waals surface area contributed by atoms with Crippen LogP contribution in [0.1, 0.15) is 11.5 Å². The fourth-order valence-electron chi connectivity index (χ4n) is 3.39. The van der Waals surface area contributed by atoms with E-state index in [1.165, 1.54) is 4.90 Å². The fourth-order valence-corrected chi connectivity index (χ4v) is 4.86. The molecule has 0 bridgehead atoms. The Balaban J connectivity index is 1.38. The minimum absolute atomic E-state index is 0.346. The van der Waals surface area contributed by atoms with E-state index >= 15 is 0 Å². The highest BCUT2D eigenvalue weighted by atomic mass is 32.2. The van der Waals surface area contributed by atoms with E-state index in [2.05, 4.69) is 10.2 Å². The molecule has 0 spiro atoms. The Morgan fingerprint density at radius 2 is 1.79 bits per heavy atom. The van der Waals surface area contributed by atoms with Crippen molar-refractivity contribution in [2.45, 2.75) is 18.4 Å². The molecule has 1 N–H and O–H groups in total. The Labute approximate surface area is 164 Å². The summed E-state index contributed by atoms with van der Waals surface area (Å²) in [7, 11) is -3.43. The summed E-state index contributed by atoms with van der Waals surface area (Å²) in [5, 5.41) is 8.31. The first-order chi connectivity index (χ1) is 13.5. The molecule has 28 heavy (non-hydrogen) atoms. The van der Waals surface area contributed by atoms with Gasteiger partial charge < -0.3 is 9.32 Å². The number of quaternary nitrogens is 1. The summed E-state index contributed by atoms with van der Waals surface area (Å²) in [6.07, 6.45) is 0. The lowest BCUT2D eigenvalue weighted by atomic mass is 10.1. The van der Waals surface area contributed by atoms with Gasteiger partial charge >= 0.3 is 0 Å². The molecule has 1 aliphatic heterocycles. The lowest BCUT2D eigenvalue weighted by Gasteiger charge is -2.30. The highest BCUT2D eigenvalue weighted by Gasteiger charge is 2.31. The summed E-state index contributed by atoms with van der Waals surface area (Å²) in [5.41, 5.74) is 2.05. The van der Waals surface area contributed by atoms with Crippen LogP contribution in [0.3, 0.4) is 0 Å². The molecule has 4 rings (SSSR count). The van der Waals surface area contributed by atoms with Crippen LogP contribution in [0.2, 0.25) is 0 Å². The SMILES string of the molecule is Cc1cccc(-c2nnc(C[NH+]3CCN(S(=O)(=O)c4ccccc4)CC3)o2)c1. The summed E-state index contributed by atoms with van der Waals surface area (Å²) >= 11 is 0. The highest BCUT2D eigenvalue weighted by Crippen LogP contribution is 2.19. The average Bonchev–Trinajstić information content (AvgIpc) is 3.18. The maximum absolute atomic E-state index is 12.7. The lowest BCUT2D eigenvalue weighted by molar-refractivity contribution is -0.918. The van der Waals surface area contributed by atoms with Gasteiger partial charge in [0.15, 0.2) is 6.54 Å². The van der Waals surface area contributed by atoms with Crippen molar-refractivity contribution >= 4 is 10.0 Å². The van der Waals surface area contributed by atoms with E-state index in [0.717, 1.165) is 11.1 Å². The minimum atomic E-state index is -3.43. The minimum Gasteiger partial charge on any atom is -0.415 e. The van der Waals surface area contributed by atoms with Gasteiger partial charge in [0, 0.05) is 5.56 Å². The van der Waals surface area contributed by atoms with E-state index in [1.54, 1.807) is 28.6 Å². The Hall–Kier alpha value is -2.55. The van der Waals surface area contributed by atoms with Gasteiger partial charge in [0.05, 0.1) is 31.1 Å². The van der Waals surface area contributed by atoms with Gasteiger partial charge in [-0.3, -0.25) is 0 Å². The first-order valence-corrected chi connectivity index (χ1v) is 10.7. The predicted molar refractivity (Wildman–Crippen MR) is 104 cm³/mol. The molecule has 7 nitrogen and oxygen atoms in total. The van der Waals surface area contributed by atoms with Crippen LogP contribution in [0.25, 0.3) is 11.5 Å². The normalized spacial score (nSPS) is 16.3. The molecule has 146 valence electrons. The molecule has 0 unspecified atom stereocenters. The molecule has 1 saturated heterocycles. The lowest BCUT2D eigenvalue weighted by Crippen LogP contribution is -3.13. The van der Waals surface area contributed by atoms with Gasteiger partial charge in [-0.05, 0) is 31.2 Å². The van der Waals surface area contributed by atoms with Gasteiger partial charge in [0.2, 0.25) is 15.9 Å². The maximum atomic E-state index is 12.7. The number of aromatic nitrogens is 2. The molecule has 8 heteroatoms. The van der Waals surface area contributed by atoms with Crippen LogP contribution in [0.4, 0.5) is 0 Å². The Morgan fingerprint density at radius 3 is 2.50 bits per heavy atom. The number of benzene rings is 2. The van der Waals surface area contributed by atoms with Crippen molar-refractivity contribution < 1.29 is 17.7 Å². The molecule has 0 aliphatic carbocycles. The third-order valence-corrected chi connectivity index (χ3v) is 6.86. The number of aryl methyl sites for hydroxylation is 1. The number of nitrogens with zero attached hydrogens (tertiary/aromatic N) is 3. The first kappa shape index (κ1) is 18.8. The maximum Gasteiger partial charge on any atom is 0.271 e. The zero-order valence-electron chi connectivity index (χ0n) is 15.7. The van der Waals surface area contributed by atoms with Crippen molar-refractivity contribution in [2.75, 3.05) is 26.2 Å². The van der Waals surface area contributed by atoms with Crippen molar-refractivity contribution in [3.8, 4) is 11.5 Å². The molecule has 2 heterocycles. The molecule has 0 radical (unpaired) electrons. The fraction of sp³-hybridized carbons (Fsp3) is 0.300. The van der Waals surface area contributed by atoms with Gasteiger partial charge in [-0.1, -0.05) is 35.9 Å². The van der Waals surface area contributed by atoms with Crippen molar-refractivity contribution in [3.05, 3.63) is 66.1 Å². The molecular weight excluding hydrogens is 376 g/mol. The number of rotatable bonds is 5. The molecule has 1 aromatic heterocycles. The van der Waals surface area contributed by atoms with Crippen LogP contribution in [0, 0.1) is 6.92 Å². The summed E-state index contributed by atoms with van der Waals surface area (Å²) in [6.45, 7) is 4.98. The zero-order valence-corrected chi connectivity index (χ0v) is 16.5. The Morgan fingerprint density at radius 1 is 1.04 bits per heavy atom. The van der Waals surface area contributed by atoms with E-state index in [-0.39, 0.29) is 0 Å². The summed E-state index contributed by atoms with van der Waals surface area (Å²) in [5.74, 6) is 1.09. The standard InChI is InChI=1S/C20H22N4O3S/c1-16-6-5-7-17(14-16)20-22-21-19(27-20)15-23-10-12-24(13-11-23)28(25,26)18-8-3-2-4-9-18/h2-9,14H,10-13,15H2,1H3/p+1. The van der Waals surface area contributed by atoms with E-state index < -0.39 is 10.0 Å². The molecule has 0 amide bonds. The second-order valence-corrected chi connectivity index (χ2v) is 8.95. The molecule has 1 aliphatic rings. The molecule has 0 saturated carbocycles. The van der Waals surface area contributed by atoms with Crippen LogP contribution in [0.15, 0.2) is 63.9 Å². The highest BCUT2D eigenvalue weighted by molar-refractivity contribution is 7.89. The van der Waals surface area contributed by atoms with Gasteiger partial charge in [-0.2, -0.15) is 4.31 Å². The smallest absolute Gasteiger partial charge is 0.271 e. The van der Waals surface area contributed by atoms with E-state index in [9.17, 15) is 8.42 Å². The van der Waals surface area contributed by atoms with E-state index in [0.29, 0.717) is 49.4 Å². The number of sulfonamides is 1. The van der Waals surface area contributed by atoms with Crippen LogP contribution in [0.5, 0.6) is 0 Å². The zero-order chi connectivity index (χ0) is 19.6. The third-order valence-electron chi connectivity index (χ3n) is 4.94. The quantitative estimate of drug-likeness (QED) is 0.696. The van der Waals surface area contributed by atoms with Gasteiger partial charge in [0.1, 0.15) is 0 Å². The van der Waals surface area contributed by atoms with E-state index in [4.69, 9.17) is 4.42 Å². The van der Waals surface area contributed by atoms with Crippen molar-refractivity contribution in [2.24, 2.45) is 0 Å². The molecule has 2 aromatic carbocycles. The first-order valence-electron chi connectivity index (χ1n) is 9.30. The number of piperazine rings is 1. The van der Waals surface area contributed by atoms with Crippen LogP contribution < -0.4 is 4.90 Å². The predicted octanol–water partition coefficient (Wildman–Crippen LogP) is 1.13.